The lowest BCUT2D eigenvalue weighted by Gasteiger charge is -2.21. The van der Waals surface area contributed by atoms with Crippen molar-refractivity contribution in [3.05, 3.63) is 59.8 Å². The third-order valence-corrected chi connectivity index (χ3v) is 7.78. The first-order valence-corrected chi connectivity index (χ1v) is 14.9. The van der Waals surface area contributed by atoms with Crippen LogP contribution in [0.2, 0.25) is 0 Å². The molecular formula is C31H36F3N5O5. The largest absolute Gasteiger partial charge is 0.460 e. The molecule has 236 valence electrons. The molecule has 0 bridgehead atoms. The normalized spacial score (nSPS) is 14.3. The number of ether oxygens (including phenoxy) is 3. The second-order valence-corrected chi connectivity index (χ2v) is 10.8. The van der Waals surface area contributed by atoms with Gasteiger partial charge in [0.25, 0.3) is 5.88 Å². The maximum atomic E-state index is 14.1. The van der Waals surface area contributed by atoms with Gasteiger partial charge in [-0.2, -0.15) is 18.3 Å². The van der Waals surface area contributed by atoms with Crippen molar-refractivity contribution in [2.24, 2.45) is 5.92 Å². The van der Waals surface area contributed by atoms with Crippen LogP contribution in [0, 0.1) is 5.92 Å². The first-order valence-electron chi connectivity index (χ1n) is 14.9. The first-order chi connectivity index (χ1) is 21.3. The van der Waals surface area contributed by atoms with Gasteiger partial charge in [-0.15, -0.1) is 0 Å². The molecule has 0 aliphatic heterocycles. The Morgan fingerprint density at radius 3 is 2.68 bits per heavy atom. The van der Waals surface area contributed by atoms with Crippen molar-refractivity contribution in [1.29, 1.82) is 0 Å². The average molecular weight is 616 g/mol. The van der Waals surface area contributed by atoms with Crippen molar-refractivity contribution in [2.45, 2.75) is 64.6 Å². The number of aromatic nitrogens is 5. The van der Waals surface area contributed by atoms with Gasteiger partial charge in [0.2, 0.25) is 5.65 Å². The van der Waals surface area contributed by atoms with Gasteiger partial charge in [0, 0.05) is 25.1 Å². The first kappa shape index (κ1) is 31.5. The molecule has 1 N–H and O–H groups in total. The van der Waals surface area contributed by atoms with Gasteiger partial charge in [-0.3, -0.25) is 9.08 Å². The van der Waals surface area contributed by atoms with Gasteiger partial charge in [0.05, 0.1) is 42.8 Å². The summed E-state index contributed by atoms with van der Waals surface area (Å²) in [6, 6.07) is 4.86. The summed E-state index contributed by atoms with van der Waals surface area (Å²) in [5.74, 6) is 0.466. The second kappa shape index (κ2) is 14.2. The molecule has 10 nitrogen and oxygen atoms in total. The monoisotopic (exact) mass is 615 g/mol. The van der Waals surface area contributed by atoms with Crippen molar-refractivity contribution in [1.82, 2.24) is 24.1 Å². The van der Waals surface area contributed by atoms with E-state index in [4.69, 9.17) is 19.3 Å². The summed E-state index contributed by atoms with van der Waals surface area (Å²) < 4.78 is 61.6. The zero-order chi connectivity index (χ0) is 31.1. The smallest absolute Gasteiger partial charge is 0.435 e. The number of aryl methyl sites for hydroxylation is 2. The molecule has 1 aliphatic rings. The highest BCUT2D eigenvalue weighted by Gasteiger charge is 2.38. The Balaban J connectivity index is 1.36. The molecule has 13 heteroatoms. The minimum atomic E-state index is -4.65. The minimum Gasteiger partial charge on any atom is -0.460 e. The maximum Gasteiger partial charge on any atom is 0.435 e. The van der Waals surface area contributed by atoms with Gasteiger partial charge in [0.1, 0.15) is 12.4 Å². The van der Waals surface area contributed by atoms with Gasteiger partial charge in [-0.05, 0) is 42.5 Å². The predicted molar refractivity (Wildman–Crippen MR) is 154 cm³/mol. The van der Waals surface area contributed by atoms with Crippen LogP contribution in [-0.4, -0.2) is 61.7 Å². The molecular weight excluding hydrogens is 579 g/mol. The van der Waals surface area contributed by atoms with E-state index in [0.717, 1.165) is 19.3 Å². The van der Waals surface area contributed by atoms with Crippen LogP contribution in [0.25, 0.3) is 16.9 Å². The Kier molecular flexibility index (Phi) is 10.2. The fourth-order valence-corrected chi connectivity index (χ4v) is 5.56. The van der Waals surface area contributed by atoms with Crippen molar-refractivity contribution in [2.75, 3.05) is 26.4 Å². The van der Waals surface area contributed by atoms with E-state index in [0.29, 0.717) is 35.8 Å². The molecule has 1 saturated carbocycles. The highest BCUT2D eigenvalue weighted by Crippen LogP contribution is 2.38. The van der Waals surface area contributed by atoms with E-state index in [1.54, 1.807) is 18.2 Å². The fourth-order valence-electron chi connectivity index (χ4n) is 5.56. The number of imidazole rings is 1. The van der Waals surface area contributed by atoms with E-state index in [2.05, 4.69) is 15.1 Å². The summed E-state index contributed by atoms with van der Waals surface area (Å²) in [7, 11) is 0. The molecule has 1 aromatic carbocycles. The zero-order valence-corrected chi connectivity index (χ0v) is 24.6. The highest BCUT2D eigenvalue weighted by molar-refractivity contribution is 5.91. The topological polar surface area (TPSA) is 113 Å². The van der Waals surface area contributed by atoms with Crippen molar-refractivity contribution >= 4 is 11.6 Å². The van der Waals surface area contributed by atoms with Crippen LogP contribution in [0.5, 0.6) is 11.6 Å². The molecule has 1 fully saturated rings. The number of carbonyl (C=O) groups excluding carboxylic acids is 1. The highest BCUT2D eigenvalue weighted by atomic mass is 19.4. The Morgan fingerprint density at radius 1 is 1.11 bits per heavy atom. The number of hydrogen-bond donors (Lipinski definition) is 1. The van der Waals surface area contributed by atoms with Crippen LogP contribution in [0.4, 0.5) is 13.2 Å². The Bertz CT molecular complexity index is 1560. The summed E-state index contributed by atoms with van der Waals surface area (Å²) in [5.41, 5.74) is 0.474. The summed E-state index contributed by atoms with van der Waals surface area (Å²) in [5, 5.41) is 12.7. The number of rotatable bonds is 13. The van der Waals surface area contributed by atoms with Gasteiger partial charge >= 0.3 is 12.1 Å². The average Bonchev–Trinajstić information content (AvgIpc) is 3.65. The third kappa shape index (κ3) is 7.39. The number of hydrogen-bond acceptors (Lipinski definition) is 8. The van der Waals surface area contributed by atoms with Gasteiger partial charge in [-0.1, -0.05) is 39.0 Å². The number of benzene rings is 1. The van der Waals surface area contributed by atoms with Crippen molar-refractivity contribution in [3.63, 3.8) is 0 Å². The summed E-state index contributed by atoms with van der Waals surface area (Å²) >= 11 is 0. The standard InChI is InChI=1S/C31H36F3N5O5/c1-2-22-18-23(8-9-24(22)30(41)43-17-16-42-15-14-40)44-29-28-36-19-26(39(28)13-11-35-29)25-20-38(37-27(25)31(32,33)34)12-10-21-6-4-3-5-7-21/h8-9,11,13,18-21,40H,2-7,10,12,14-17H2,1H3. The van der Waals surface area contributed by atoms with E-state index in [1.165, 1.54) is 53.1 Å². The van der Waals surface area contributed by atoms with Crippen LogP contribution in [0.1, 0.15) is 67.1 Å². The number of nitrogens with zero attached hydrogens (tertiary/aromatic N) is 5. The molecule has 0 unspecified atom stereocenters. The van der Waals surface area contributed by atoms with Crippen molar-refractivity contribution in [3.8, 4) is 22.9 Å². The number of alkyl halides is 3. The van der Waals surface area contributed by atoms with Crippen LogP contribution in [-0.2, 0) is 28.6 Å². The van der Waals surface area contributed by atoms with Crippen LogP contribution >= 0.6 is 0 Å². The lowest BCUT2D eigenvalue weighted by Crippen LogP contribution is -2.13. The number of halogens is 3. The van der Waals surface area contributed by atoms with Crippen LogP contribution in [0.15, 0.2) is 43.0 Å². The molecule has 3 heterocycles. The number of fused-ring (bicyclic) bond motifs is 1. The quantitative estimate of drug-likeness (QED) is 0.142. The van der Waals surface area contributed by atoms with Gasteiger partial charge < -0.3 is 19.3 Å². The summed E-state index contributed by atoms with van der Waals surface area (Å²) in [6.07, 6.45) is 8.21. The molecule has 44 heavy (non-hydrogen) atoms. The fraction of sp³-hybridized carbons (Fsp3) is 0.484. The Labute approximate surface area is 252 Å². The van der Waals surface area contributed by atoms with Gasteiger partial charge in [-0.25, -0.2) is 14.8 Å². The molecule has 3 aromatic heterocycles. The Morgan fingerprint density at radius 2 is 1.93 bits per heavy atom. The van der Waals surface area contributed by atoms with E-state index in [-0.39, 0.29) is 49.2 Å². The molecule has 4 aromatic rings. The second-order valence-electron chi connectivity index (χ2n) is 10.8. The number of carbonyl (C=O) groups is 1. The zero-order valence-electron chi connectivity index (χ0n) is 24.6. The molecule has 0 atom stereocenters. The van der Waals surface area contributed by atoms with E-state index in [9.17, 15) is 18.0 Å². The summed E-state index contributed by atoms with van der Waals surface area (Å²) in [4.78, 5) is 21.2. The molecule has 0 radical (unpaired) electrons. The lowest BCUT2D eigenvalue weighted by molar-refractivity contribution is -0.141. The molecule has 5 rings (SSSR count). The Hall–Kier alpha value is -3.97. The van der Waals surface area contributed by atoms with Crippen molar-refractivity contribution < 1.29 is 37.3 Å². The predicted octanol–water partition coefficient (Wildman–Crippen LogP) is 6.10. The number of aliphatic hydroxyl groups excluding tert-OH is 1. The molecule has 0 spiro atoms. The third-order valence-electron chi connectivity index (χ3n) is 7.78. The van der Waals surface area contributed by atoms with Crippen LogP contribution in [0.3, 0.4) is 0 Å². The minimum absolute atomic E-state index is 0.0455. The molecule has 0 amide bonds. The van der Waals surface area contributed by atoms with E-state index < -0.39 is 17.8 Å². The van der Waals surface area contributed by atoms with E-state index >= 15 is 0 Å². The van der Waals surface area contributed by atoms with Crippen LogP contribution < -0.4 is 4.74 Å². The SMILES string of the molecule is CCc1cc(Oc2nccn3c(-c4cn(CCC5CCCCC5)nc4C(F)(F)F)cnc23)ccc1C(=O)OCCOCCO. The van der Waals surface area contributed by atoms with E-state index in [1.807, 2.05) is 6.92 Å². The lowest BCUT2D eigenvalue weighted by atomic mass is 9.87. The molecule has 0 saturated heterocycles. The summed E-state index contributed by atoms with van der Waals surface area (Å²) in [6.45, 7) is 2.56. The maximum absolute atomic E-state index is 14.1. The number of esters is 1. The molecule has 1 aliphatic carbocycles. The van der Waals surface area contributed by atoms with Gasteiger partial charge in [0.15, 0.2) is 5.69 Å². The number of aliphatic hydroxyl groups is 1.